The van der Waals surface area contributed by atoms with E-state index < -0.39 is 29.3 Å². The van der Waals surface area contributed by atoms with E-state index in [0.29, 0.717) is 42.0 Å². The molecule has 0 unspecified atom stereocenters. The van der Waals surface area contributed by atoms with Crippen molar-refractivity contribution in [1.29, 1.82) is 0 Å². The largest absolute Gasteiger partial charge is 0.503 e. The molecule has 1 aromatic heterocycles. The van der Waals surface area contributed by atoms with Gasteiger partial charge in [0.2, 0.25) is 5.78 Å². The highest BCUT2D eigenvalue weighted by Crippen LogP contribution is 2.40. The Morgan fingerprint density at radius 2 is 1.91 bits per heavy atom. The van der Waals surface area contributed by atoms with Gasteiger partial charge >= 0.3 is 0 Å². The Hall–Kier alpha value is -3.69. The van der Waals surface area contributed by atoms with Gasteiger partial charge in [0.1, 0.15) is 5.82 Å². The number of amides is 1. The smallest absolute Gasteiger partial charge is 0.290 e. The number of halogens is 1. The van der Waals surface area contributed by atoms with Gasteiger partial charge in [0, 0.05) is 31.6 Å². The van der Waals surface area contributed by atoms with Gasteiger partial charge in [0.05, 0.1) is 31.9 Å². The van der Waals surface area contributed by atoms with E-state index in [1.807, 2.05) is 0 Å². The standard InChI is InChI=1S/C26H25FN2O6/c1-33-19-7-3-5-17-15-20(35-25(17)19)23(30)21-22(16-4-2-6-18(27)14-16)29(26(32)24(21)31)9-8-28-10-12-34-13-11-28/h2-7,14-15,22,31H,8-13H2,1H3/t22-/m0/s1. The predicted octanol–water partition coefficient (Wildman–Crippen LogP) is 3.49. The molecule has 0 saturated carbocycles. The van der Waals surface area contributed by atoms with Gasteiger partial charge in [-0.25, -0.2) is 4.39 Å². The highest BCUT2D eigenvalue weighted by Gasteiger charge is 2.44. The number of hydrogen-bond donors (Lipinski definition) is 1. The second-order valence-corrected chi connectivity index (χ2v) is 8.49. The van der Waals surface area contributed by atoms with Gasteiger partial charge in [0.25, 0.3) is 5.91 Å². The van der Waals surface area contributed by atoms with E-state index in [0.717, 1.165) is 13.1 Å². The molecule has 2 aliphatic rings. The van der Waals surface area contributed by atoms with Crippen LogP contribution in [0.1, 0.15) is 22.2 Å². The van der Waals surface area contributed by atoms with Crippen molar-refractivity contribution in [2.24, 2.45) is 0 Å². The minimum absolute atomic E-state index is 0.0460. The molecule has 0 aliphatic carbocycles. The molecule has 2 aliphatic heterocycles. The Morgan fingerprint density at radius 3 is 2.66 bits per heavy atom. The maximum atomic E-state index is 14.2. The van der Waals surface area contributed by atoms with Gasteiger partial charge in [-0.3, -0.25) is 14.5 Å². The molecular weight excluding hydrogens is 455 g/mol. The number of ether oxygens (including phenoxy) is 2. The quantitative estimate of drug-likeness (QED) is 0.518. The SMILES string of the molecule is COc1cccc2cc(C(=O)C3=C(O)C(=O)N(CCN4CCOCC4)[C@H]3c3cccc(F)c3)oc12. The highest BCUT2D eigenvalue weighted by molar-refractivity contribution is 6.16. The summed E-state index contributed by atoms with van der Waals surface area (Å²) in [7, 11) is 1.50. The van der Waals surface area contributed by atoms with Crippen molar-refractivity contribution in [2.75, 3.05) is 46.5 Å². The molecule has 9 heteroatoms. The maximum Gasteiger partial charge on any atom is 0.290 e. The summed E-state index contributed by atoms with van der Waals surface area (Å²) in [5, 5.41) is 11.5. The number of ketones is 1. The summed E-state index contributed by atoms with van der Waals surface area (Å²) < 4.78 is 30.7. The van der Waals surface area contributed by atoms with Gasteiger partial charge in [-0.2, -0.15) is 0 Å². The Balaban J connectivity index is 1.52. The third kappa shape index (κ3) is 4.28. The van der Waals surface area contributed by atoms with Crippen LogP contribution in [-0.4, -0.2) is 73.1 Å². The Morgan fingerprint density at radius 1 is 1.14 bits per heavy atom. The summed E-state index contributed by atoms with van der Waals surface area (Å²) in [5.41, 5.74) is 0.635. The molecule has 3 heterocycles. The molecule has 0 radical (unpaired) electrons. The van der Waals surface area contributed by atoms with E-state index in [1.54, 1.807) is 30.3 Å². The number of benzene rings is 2. The fourth-order valence-corrected chi connectivity index (χ4v) is 4.66. The van der Waals surface area contributed by atoms with Gasteiger partial charge in [-0.05, 0) is 29.8 Å². The molecule has 8 nitrogen and oxygen atoms in total. The van der Waals surface area contributed by atoms with Crippen molar-refractivity contribution in [2.45, 2.75) is 6.04 Å². The summed E-state index contributed by atoms with van der Waals surface area (Å²) >= 11 is 0. The first-order valence-corrected chi connectivity index (χ1v) is 11.4. The van der Waals surface area contributed by atoms with Crippen LogP contribution < -0.4 is 4.74 Å². The molecule has 5 rings (SSSR count). The summed E-state index contributed by atoms with van der Waals surface area (Å²) in [5.74, 6) is -2.07. The zero-order valence-corrected chi connectivity index (χ0v) is 19.2. The number of para-hydroxylation sites is 1. The minimum Gasteiger partial charge on any atom is -0.503 e. The number of nitrogens with zero attached hydrogens (tertiary/aromatic N) is 2. The number of morpholine rings is 1. The van der Waals surface area contributed by atoms with Gasteiger partial charge in [-0.15, -0.1) is 0 Å². The van der Waals surface area contributed by atoms with E-state index in [2.05, 4.69) is 4.90 Å². The normalized spacial score (nSPS) is 19.1. The van der Waals surface area contributed by atoms with E-state index in [-0.39, 0.29) is 17.9 Å². The van der Waals surface area contributed by atoms with Crippen LogP contribution in [-0.2, 0) is 9.53 Å². The van der Waals surface area contributed by atoms with Crippen molar-refractivity contribution >= 4 is 22.7 Å². The number of aliphatic hydroxyl groups is 1. The molecule has 35 heavy (non-hydrogen) atoms. The second kappa shape index (κ2) is 9.52. The number of furan rings is 1. The summed E-state index contributed by atoms with van der Waals surface area (Å²) in [6, 6.07) is 11.5. The Kier molecular flexibility index (Phi) is 6.27. The lowest BCUT2D eigenvalue weighted by atomic mass is 9.95. The fourth-order valence-electron chi connectivity index (χ4n) is 4.66. The third-order valence-electron chi connectivity index (χ3n) is 6.43. The number of methoxy groups -OCH3 is 1. The third-order valence-corrected chi connectivity index (χ3v) is 6.43. The van der Waals surface area contributed by atoms with Crippen LogP contribution in [0.15, 0.2) is 64.3 Å². The van der Waals surface area contributed by atoms with Crippen molar-refractivity contribution in [3.05, 3.63) is 77.0 Å². The van der Waals surface area contributed by atoms with E-state index in [9.17, 15) is 19.1 Å². The number of hydrogen-bond acceptors (Lipinski definition) is 7. The minimum atomic E-state index is -0.957. The van der Waals surface area contributed by atoms with E-state index in [1.165, 1.54) is 30.2 Å². The molecule has 0 spiro atoms. The lowest BCUT2D eigenvalue weighted by Gasteiger charge is -2.31. The molecule has 0 bridgehead atoms. The molecule has 1 saturated heterocycles. The first-order chi connectivity index (χ1) is 17.0. The molecule has 3 aromatic rings. The highest BCUT2D eigenvalue weighted by atomic mass is 19.1. The molecule has 2 aromatic carbocycles. The van der Waals surface area contributed by atoms with Crippen molar-refractivity contribution in [3.8, 4) is 5.75 Å². The zero-order valence-electron chi connectivity index (χ0n) is 19.2. The van der Waals surface area contributed by atoms with Crippen LogP contribution in [0.2, 0.25) is 0 Å². The zero-order chi connectivity index (χ0) is 24.5. The van der Waals surface area contributed by atoms with Crippen LogP contribution in [0.5, 0.6) is 5.75 Å². The van der Waals surface area contributed by atoms with Gasteiger partial charge in [-0.1, -0.05) is 24.3 Å². The predicted molar refractivity (Wildman–Crippen MR) is 125 cm³/mol. The first-order valence-electron chi connectivity index (χ1n) is 11.4. The molecule has 1 atom stereocenters. The summed E-state index contributed by atoms with van der Waals surface area (Å²) in [6.07, 6.45) is 0. The maximum absolute atomic E-state index is 14.2. The van der Waals surface area contributed by atoms with Gasteiger partial charge < -0.3 is 23.9 Å². The van der Waals surface area contributed by atoms with Gasteiger partial charge in [0.15, 0.2) is 22.9 Å². The van der Waals surface area contributed by atoms with Crippen molar-refractivity contribution < 1.29 is 33.0 Å². The van der Waals surface area contributed by atoms with Crippen LogP contribution >= 0.6 is 0 Å². The molecule has 1 fully saturated rings. The topological polar surface area (TPSA) is 92.5 Å². The fraction of sp³-hybridized carbons (Fsp3) is 0.308. The van der Waals surface area contributed by atoms with Crippen molar-refractivity contribution in [3.63, 3.8) is 0 Å². The Labute approximate surface area is 201 Å². The summed E-state index contributed by atoms with van der Waals surface area (Å²) in [4.78, 5) is 30.3. The summed E-state index contributed by atoms with van der Waals surface area (Å²) in [6.45, 7) is 3.41. The van der Waals surface area contributed by atoms with E-state index >= 15 is 0 Å². The molecule has 1 N–H and O–H groups in total. The average Bonchev–Trinajstić information content (AvgIpc) is 3.42. The Bertz CT molecular complexity index is 1310. The number of carbonyl (C=O) groups is 2. The number of rotatable bonds is 7. The lowest BCUT2D eigenvalue weighted by Crippen LogP contribution is -2.43. The first kappa shape index (κ1) is 23.1. The molecular formula is C26H25FN2O6. The lowest BCUT2D eigenvalue weighted by molar-refractivity contribution is -0.129. The van der Waals surface area contributed by atoms with E-state index in [4.69, 9.17) is 13.9 Å². The number of carbonyl (C=O) groups excluding carboxylic acids is 2. The van der Waals surface area contributed by atoms with Crippen LogP contribution in [0.4, 0.5) is 4.39 Å². The average molecular weight is 480 g/mol. The van der Waals surface area contributed by atoms with Crippen LogP contribution in [0.3, 0.4) is 0 Å². The van der Waals surface area contributed by atoms with Crippen LogP contribution in [0, 0.1) is 5.82 Å². The molecule has 182 valence electrons. The number of Topliss-reactive ketones (excluding diaryl/α,β-unsaturated/α-hetero) is 1. The van der Waals surface area contributed by atoms with Crippen molar-refractivity contribution in [1.82, 2.24) is 9.80 Å². The van der Waals surface area contributed by atoms with Crippen LogP contribution in [0.25, 0.3) is 11.0 Å². The monoisotopic (exact) mass is 480 g/mol. The number of fused-ring (bicyclic) bond motifs is 1. The molecule has 1 amide bonds. The second-order valence-electron chi connectivity index (χ2n) is 8.49. The number of aliphatic hydroxyl groups excluding tert-OH is 1.